The largest absolute Gasteiger partial charge is 0.482 e. The van der Waals surface area contributed by atoms with E-state index in [2.05, 4.69) is 5.32 Å². The number of hydrogen-bond acceptors (Lipinski definition) is 6. The number of amides is 3. The second-order valence-corrected chi connectivity index (χ2v) is 8.14. The maximum atomic E-state index is 13.0. The number of para-hydroxylation sites is 1. The summed E-state index contributed by atoms with van der Waals surface area (Å²) in [7, 11) is 0. The Balaban J connectivity index is 1.27. The van der Waals surface area contributed by atoms with Gasteiger partial charge in [-0.25, -0.2) is 0 Å². The van der Waals surface area contributed by atoms with Crippen LogP contribution in [-0.2, 0) is 16.0 Å². The first-order valence-corrected chi connectivity index (χ1v) is 10.9. The van der Waals surface area contributed by atoms with Crippen molar-refractivity contribution in [2.45, 2.75) is 6.42 Å². The van der Waals surface area contributed by atoms with Gasteiger partial charge in [0.05, 0.1) is 10.6 Å². The molecule has 2 heterocycles. The van der Waals surface area contributed by atoms with Crippen molar-refractivity contribution >= 4 is 40.5 Å². The summed E-state index contributed by atoms with van der Waals surface area (Å²) >= 11 is 0. The molecule has 3 aromatic rings. The zero-order chi connectivity index (χ0) is 24.5. The van der Waals surface area contributed by atoms with Gasteiger partial charge in [-0.15, -0.1) is 0 Å². The van der Waals surface area contributed by atoms with Gasteiger partial charge in [0.15, 0.2) is 6.61 Å². The number of rotatable bonds is 5. The van der Waals surface area contributed by atoms with E-state index in [1.54, 1.807) is 29.2 Å². The van der Waals surface area contributed by atoms with Gasteiger partial charge < -0.3 is 15.0 Å². The van der Waals surface area contributed by atoms with Gasteiger partial charge in [-0.2, -0.15) is 0 Å². The molecule has 10 nitrogen and oxygen atoms in total. The minimum atomic E-state index is -0.582. The first-order chi connectivity index (χ1) is 16.9. The summed E-state index contributed by atoms with van der Waals surface area (Å²) in [6.45, 7) is 0.0000136. The second kappa shape index (κ2) is 8.90. The average molecular weight is 472 g/mol. The zero-order valence-corrected chi connectivity index (χ0v) is 18.5. The minimum absolute atomic E-state index is 0.120. The molecule has 5 rings (SSSR count). The van der Waals surface area contributed by atoms with Crippen LogP contribution in [0.4, 0.5) is 22.7 Å². The molecule has 0 radical (unpaired) electrons. The molecule has 176 valence electrons. The van der Waals surface area contributed by atoms with Crippen LogP contribution in [0.5, 0.6) is 5.75 Å². The van der Waals surface area contributed by atoms with Crippen LogP contribution < -0.4 is 19.9 Å². The van der Waals surface area contributed by atoms with Crippen molar-refractivity contribution in [3.63, 3.8) is 0 Å². The van der Waals surface area contributed by atoms with Crippen LogP contribution in [0.25, 0.3) is 0 Å². The Bertz CT molecular complexity index is 1350. The van der Waals surface area contributed by atoms with Gasteiger partial charge in [0, 0.05) is 35.6 Å². The van der Waals surface area contributed by atoms with Gasteiger partial charge >= 0.3 is 0 Å². The number of ether oxygens (including phenoxy) is 1. The van der Waals surface area contributed by atoms with Gasteiger partial charge in [0.25, 0.3) is 17.5 Å². The highest BCUT2D eigenvalue weighted by Crippen LogP contribution is 2.35. The van der Waals surface area contributed by atoms with E-state index in [4.69, 9.17) is 4.74 Å². The topological polar surface area (TPSA) is 122 Å². The van der Waals surface area contributed by atoms with Gasteiger partial charge in [0.1, 0.15) is 12.3 Å². The number of carbonyl (C=O) groups excluding carboxylic acids is 3. The summed E-state index contributed by atoms with van der Waals surface area (Å²) in [5.41, 5.74) is 2.93. The summed E-state index contributed by atoms with van der Waals surface area (Å²) in [6, 6.07) is 18.2. The molecule has 0 saturated carbocycles. The van der Waals surface area contributed by atoms with E-state index in [0.717, 1.165) is 22.6 Å². The van der Waals surface area contributed by atoms with Gasteiger partial charge in [-0.1, -0.05) is 18.2 Å². The van der Waals surface area contributed by atoms with Crippen LogP contribution in [0.1, 0.15) is 15.9 Å². The predicted molar refractivity (Wildman–Crippen MR) is 128 cm³/mol. The molecule has 0 spiro atoms. The van der Waals surface area contributed by atoms with Crippen molar-refractivity contribution in [2.24, 2.45) is 0 Å². The summed E-state index contributed by atoms with van der Waals surface area (Å²) in [4.78, 5) is 51.4. The van der Waals surface area contributed by atoms with Crippen LogP contribution in [0.3, 0.4) is 0 Å². The van der Waals surface area contributed by atoms with Gasteiger partial charge in [-0.3, -0.25) is 29.4 Å². The first-order valence-electron chi connectivity index (χ1n) is 10.9. The number of hydrogen-bond donors (Lipinski definition) is 1. The number of non-ortho nitro benzene ring substituents is 1. The number of anilines is 3. The van der Waals surface area contributed by atoms with Crippen molar-refractivity contribution in [3.05, 3.63) is 88.0 Å². The van der Waals surface area contributed by atoms with E-state index in [9.17, 15) is 24.5 Å². The molecule has 0 aromatic heterocycles. The van der Waals surface area contributed by atoms with E-state index in [1.807, 2.05) is 24.3 Å². The number of nitrogens with one attached hydrogen (secondary N) is 1. The third-order valence-electron chi connectivity index (χ3n) is 5.95. The first kappa shape index (κ1) is 22.1. The lowest BCUT2D eigenvalue weighted by Crippen LogP contribution is -2.43. The molecule has 2 aliphatic heterocycles. The van der Waals surface area contributed by atoms with E-state index < -0.39 is 16.7 Å². The van der Waals surface area contributed by atoms with Crippen molar-refractivity contribution < 1.29 is 24.0 Å². The zero-order valence-electron chi connectivity index (χ0n) is 18.5. The fraction of sp³-hybridized carbons (Fsp3) is 0.160. The molecule has 0 unspecified atom stereocenters. The van der Waals surface area contributed by atoms with Crippen molar-refractivity contribution in [1.82, 2.24) is 0 Å². The van der Waals surface area contributed by atoms with Crippen LogP contribution in [0.2, 0.25) is 0 Å². The quantitative estimate of drug-likeness (QED) is 0.450. The number of nitrogens with zero attached hydrogens (tertiary/aromatic N) is 3. The Hall–Kier alpha value is -4.73. The highest BCUT2D eigenvalue weighted by molar-refractivity contribution is 6.08. The van der Waals surface area contributed by atoms with E-state index >= 15 is 0 Å². The number of nitro benzene ring substituents is 1. The Morgan fingerprint density at radius 3 is 2.57 bits per heavy atom. The number of benzene rings is 3. The molecule has 0 saturated heterocycles. The SMILES string of the molecule is O=C(CN1C(=O)COc2ccc([N+](=O)[O-])cc21)Nc1ccc(C(=O)N2CCc3ccccc32)cc1. The van der Waals surface area contributed by atoms with Crippen LogP contribution in [0.15, 0.2) is 66.7 Å². The molecule has 2 aliphatic rings. The second-order valence-electron chi connectivity index (χ2n) is 8.14. The minimum Gasteiger partial charge on any atom is -0.482 e. The lowest BCUT2D eigenvalue weighted by atomic mass is 10.1. The van der Waals surface area contributed by atoms with Gasteiger partial charge in [0.2, 0.25) is 5.91 Å². The third-order valence-corrected chi connectivity index (χ3v) is 5.95. The molecule has 35 heavy (non-hydrogen) atoms. The number of nitro groups is 1. The molecule has 0 bridgehead atoms. The number of fused-ring (bicyclic) bond motifs is 2. The maximum absolute atomic E-state index is 13.0. The molecule has 0 atom stereocenters. The Morgan fingerprint density at radius 2 is 1.80 bits per heavy atom. The van der Waals surface area contributed by atoms with Crippen LogP contribution >= 0.6 is 0 Å². The van der Waals surface area contributed by atoms with Crippen LogP contribution in [0, 0.1) is 10.1 Å². The molecular formula is C25H20N4O6. The monoisotopic (exact) mass is 472 g/mol. The summed E-state index contributed by atoms with van der Waals surface area (Å²) < 4.78 is 5.32. The van der Waals surface area contributed by atoms with Crippen LogP contribution in [-0.4, -0.2) is 42.3 Å². The van der Waals surface area contributed by atoms with Crippen molar-refractivity contribution in [3.8, 4) is 5.75 Å². The van der Waals surface area contributed by atoms with Gasteiger partial charge in [-0.05, 0) is 48.4 Å². The smallest absolute Gasteiger partial charge is 0.271 e. The fourth-order valence-corrected chi connectivity index (χ4v) is 4.22. The fourth-order valence-electron chi connectivity index (χ4n) is 4.22. The Labute approximate surface area is 199 Å². The van der Waals surface area contributed by atoms with E-state index in [0.29, 0.717) is 17.8 Å². The Kier molecular flexibility index (Phi) is 5.61. The normalized spacial score (nSPS) is 14.1. The molecule has 1 N–H and O–H groups in total. The molecule has 0 aliphatic carbocycles. The predicted octanol–water partition coefficient (Wildman–Crippen LogP) is 3.16. The maximum Gasteiger partial charge on any atom is 0.271 e. The lowest BCUT2D eigenvalue weighted by Gasteiger charge is -2.28. The highest BCUT2D eigenvalue weighted by atomic mass is 16.6. The standard InChI is InChI=1S/C25H20N4O6/c30-23(14-28-21-13-19(29(33)34)9-10-22(21)35-15-24(28)31)26-18-7-5-17(6-8-18)25(32)27-12-11-16-3-1-2-4-20(16)27/h1-10,13H,11-12,14-15H2,(H,26,30). The lowest BCUT2D eigenvalue weighted by molar-refractivity contribution is -0.384. The summed E-state index contributed by atoms with van der Waals surface area (Å²) in [5, 5.41) is 13.8. The highest BCUT2D eigenvalue weighted by Gasteiger charge is 2.29. The summed E-state index contributed by atoms with van der Waals surface area (Å²) in [5.74, 6) is -0.815. The molecular weight excluding hydrogens is 452 g/mol. The number of carbonyl (C=O) groups is 3. The Morgan fingerprint density at radius 1 is 1.03 bits per heavy atom. The van der Waals surface area contributed by atoms with Crippen molar-refractivity contribution in [1.29, 1.82) is 0 Å². The van der Waals surface area contributed by atoms with Crippen molar-refractivity contribution in [2.75, 3.05) is 34.8 Å². The average Bonchev–Trinajstić information content (AvgIpc) is 3.29. The third kappa shape index (κ3) is 4.29. The van der Waals surface area contributed by atoms with E-state index in [-0.39, 0.29) is 36.2 Å². The molecule has 10 heteroatoms. The van der Waals surface area contributed by atoms with E-state index in [1.165, 1.54) is 18.2 Å². The summed E-state index contributed by atoms with van der Waals surface area (Å²) in [6.07, 6.45) is 0.808. The molecule has 3 aromatic carbocycles. The molecule has 0 fully saturated rings. The molecule has 3 amide bonds.